The molecule has 236 valence electrons. The van der Waals surface area contributed by atoms with Crippen molar-refractivity contribution in [3.8, 4) is 0 Å². The molecule has 3 rings (SSSR count). The summed E-state index contributed by atoms with van der Waals surface area (Å²) in [6.45, 7) is 27.4. The first-order chi connectivity index (χ1) is 21.0. The van der Waals surface area contributed by atoms with Crippen LogP contribution >= 0.6 is 0 Å². The maximum atomic E-state index is 13.1. The molecule has 3 nitrogen and oxygen atoms in total. The van der Waals surface area contributed by atoms with Gasteiger partial charge in [0.05, 0.1) is 11.4 Å². The molecule has 2 fully saturated rings. The summed E-state index contributed by atoms with van der Waals surface area (Å²) in [6.07, 6.45) is 23.7. The fourth-order valence-corrected chi connectivity index (χ4v) is 6.64. The van der Waals surface area contributed by atoms with Crippen LogP contribution in [0.2, 0.25) is 0 Å². The minimum absolute atomic E-state index is 0.0987. The lowest BCUT2D eigenvalue weighted by molar-refractivity contribution is -0.111. The Morgan fingerprint density at radius 2 is 1.86 bits per heavy atom. The zero-order valence-corrected chi connectivity index (χ0v) is 28.5. The lowest BCUT2D eigenvalue weighted by Gasteiger charge is -2.30. The van der Waals surface area contributed by atoms with Gasteiger partial charge in [-0.15, -0.1) is 0 Å². The van der Waals surface area contributed by atoms with E-state index in [9.17, 15) is 4.79 Å². The minimum atomic E-state index is -0.0987. The lowest BCUT2D eigenvalue weighted by atomic mass is 9.76. The highest BCUT2D eigenvalue weighted by molar-refractivity contribution is 6.20. The fraction of sp³-hybridized carbons (Fsp3) is 0.488. The molecule has 0 saturated heterocycles. The van der Waals surface area contributed by atoms with E-state index in [0.717, 1.165) is 53.2 Å². The van der Waals surface area contributed by atoms with Gasteiger partial charge in [-0.2, -0.15) is 0 Å². The van der Waals surface area contributed by atoms with E-state index in [2.05, 4.69) is 77.2 Å². The highest BCUT2D eigenvalue weighted by Crippen LogP contribution is 2.41. The van der Waals surface area contributed by atoms with Crippen molar-refractivity contribution in [1.29, 1.82) is 0 Å². The molecule has 0 aromatic heterocycles. The summed E-state index contributed by atoms with van der Waals surface area (Å²) in [7, 11) is 1.76. The summed E-state index contributed by atoms with van der Waals surface area (Å²) in [5.74, 6) is 2.12. The summed E-state index contributed by atoms with van der Waals surface area (Å²) in [4.78, 5) is 22.8. The van der Waals surface area contributed by atoms with Gasteiger partial charge >= 0.3 is 0 Å². The molecular weight excluding hydrogens is 536 g/mol. The van der Waals surface area contributed by atoms with E-state index in [0.29, 0.717) is 35.2 Å². The number of nitrogens with zero attached hydrogens (tertiary/aromatic N) is 2. The highest BCUT2D eigenvalue weighted by atomic mass is 16.1. The second-order valence-corrected chi connectivity index (χ2v) is 13.1. The van der Waals surface area contributed by atoms with E-state index in [1.807, 2.05) is 19.1 Å². The van der Waals surface area contributed by atoms with Crippen molar-refractivity contribution in [1.82, 2.24) is 0 Å². The molecule has 3 unspecified atom stereocenters. The van der Waals surface area contributed by atoms with Gasteiger partial charge in [0.25, 0.3) is 0 Å². The molecule has 0 bridgehead atoms. The highest BCUT2D eigenvalue weighted by Gasteiger charge is 2.28. The zero-order chi connectivity index (χ0) is 32.4. The molecule has 0 amide bonds. The molecule has 0 N–H and O–H groups in total. The summed E-state index contributed by atoms with van der Waals surface area (Å²) < 4.78 is 0. The molecule has 1 heterocycles. The molecule has 0 spiro atoms. The number of rotatable bonds is 12. The van der Waals surface area contributed by atoms with Gasteiger partial charge in [0.1, 0.15) is 0 Å². The second-order valence-electron chi connectivity index (χ2n) is 13.1. The van der Waals surface area contributed by atoms with Gasteiger partial charge in [0.15, 0.2) is 5.78 Å². The predicted molar refractivity (Wildman–Crippen MR) is 192 cm³/mol. The Morgan fingerprint density at radius 1 is 1.14 bits per heavy atom. The minimum Gasteiger partial charge on any atom is -0.290 e. The van der Waals surface area contributed by atoms with Crippen LogP contribution in [0.3, 0.4) is 0 Å². The van der Waals surface area contributed by atoms with E-state index in [1.165, 1.54) is 49.7 Å². The summed E-state index contributed by atoms with van der Waals surface area (Å²) >= 11 is 0. The van der Waals surface area contributed by atoms with Crippen LogP contribution in [-0.2, 0) is 4.79 Å². The standard InChI is InChI=1S/C41H56N2O/c1-11-27(4)21-30(7)37(28(5)12-2)25-39(42-10)40-26-41(44)32(9)23-38(43-40)31(8)22-34(13-3)35-18-17-29(6)36(20-19-35)24-33-15-14-16-33/h11,13,21-22,25-26,30,33,35-36H,1,5-6,9,12,14-20,23-24H2,2-4,7-8,10H3/b27-21-,31-22-,34-13+,37-25-,42-39?. The summed E-state index contributed by atoms with van der Waals surface area (Å²) in [5, 5.41) is 0. The topological polar surface area (TPSA) is 41.8 Å². The van der Waals surface area contributed by atoms with E-state index in [1.54, 1.807) is 13.1 Å². The average Bonchev–Trinajstić information content (AvgIpc) is 3.26. The maximum Gasteiger partial charge on any atom is 0.183 e. The molecule has 3 heteroatoms. The summed E-state index contributed by atoms with van der Waals surface area (Å²) in [5.41, 5.74) is 9.78. The third-order valence-corrected chi connectivity index (χ3v) is 9.95. The molecule has 0 aromatic carbocycles. The number of aliphatic imine (C=N–C) groups is 2. The van der Waals surface area contributed by atoms with Crippen molar-refractivity contribution in [2.75, 3.05) is 7.05 Å². The quantitative estimate of drug-likeness (QED) is 0.0730. The van der Waals surface area contributed by atoms with Crippen LogP contribution in [0.4, 0.5) is 0 Å². The van der Waals surface area contributed by atoms with E-state index in [4.69, 9.17) is 4.99 Å². The third kappa shape index (κ3) is 9.34. The first kappa shape index (κ1) is 35.2. The molecule has 0 radical (unpaired) electrons. The Kier molecular flexibility index (Phi) is 13.3. The molecule has 0 aromatic rings. The maximum absolute atomic E-state index is 13.1. The van der Waals surface area contributed by atoms with Gasteiger partial charge in [0, 0.05) is 25.3 Å². The van der Waals surface area contributed by atoms with Crippen LogP contribution in [0.5, 0.6) is 0 Å². The third-order valence-electron chi connectivity index (χ3n) is 9.95. The Labute approximate surface area is 268 Å². The molecule has 2 saturated carbocycles. The molecule has 3 aliphatic rings. The number of allylic oxidation sites excluding steroid dienone is 13. The Bertz CT molecular complexity index is 1360. The number of hydrogen-bond donors (Lipinski definition) is 0. The SMILES string of the molecule is C=C/C(C)=C\C(C)/C(=C\C(=NC)C1=CC(=O)C(=C)CC(/C(C)=C\C(=C/C)C2CCC(=C)C(CC3CCC3)CC2)=N1)C(=C)CC. The van der Waals surface area contributed by atoms with Crippen LogP contribution in [0.15, 0.2) is 117 Å². The fourth-order valence-electron chi connectivity index (χ4n) is 6.64. The average molecular weight is 593 g/mol. The molecule has 44 heavy (non-hydrogen) atoms. The molecule has 3 atom stereocenters. The normalized spacial score (nSPS) is 24.2. The number of hydrogen-bond acceptors (Lipinski definition) is 3. The van der Waals surface area contributed by atoms with Crippen molar-refractivity contribution in [3.63, 3.8) is 0 Å². The van der Waals surface area contributed by atoms with E-state index >= 15 is 0 Å². The van der Waals surface area contributed by atoms with Crippen LogP contribution < -0.4 is 0 Å². The van der Waals surface area contributed by atoms with Gasteiger partial charge in [-0.3, -0.25) is 14.8 Å². The van der Waals surface area contributed by atoms with Crippen molar-refractivity contribution in [3.05, 3.63) is 107 Å². The molecular formula is C41H56N2O. The molecule has 2 aliphatic carbocycles. The lowest BCUT2D eigenvalue weighted by Crippen LogP contribution is -2.16. The van der Waals surface area contributed by atoms with Crippen LogP contribution in [-0.4, -0.2) is 24.3 Å². The predicted octanol–water partition coefficient (Wildman–Crippen LogP) is 11.0. The number of ketones is 1. The van der Waals surface area contributed by atoms with Gasteiger partial charge in [0.2, 0.25) is 0 Å². The van der Waals surface area contributed by atoms with Crippen LogP contribution in [0.25, 0.3) is 0 Å². The van der Waals surface area contributed by atoms with E-state index in [-0.39, 0.29) is 11.7 Å². The number of carbonyl (C=O) groups excluding carboxylic acids is 1. The first-order valence-corrected chi connectivity index (χ1v) is 16.7. The van der Waals surface area contributed by atoms with Gasteiger partial charge in [-0.05, 0) is 111 Å². The van der Waals surface area contributed by atoms with Crippen molar-refractivity contribution in [2.24, 2.45) is 33.7 Å². The molecule has 1 aliphatic heterocycles. The largest absolute Gasteiger partial charge is 0.290 e. The Balaban J connectivity index is 1.92. The van der Waals surface area contributed by atoms with Crippen molar-refractivity contribution < 1.29 is 4.79 Å². The number of carbonyl (C=O) groups is 1. The van der Waals surface area contributed by atoms with Gasteiger partial charge in [-0.25, -0.2) is 0 Å². The zero-order valence-electron chi connectivity index (χ0n) is 28.5. The monoisotopic (exact) mass is 592 g/mol. The van der Waals surface area contributed by atoms with Crippen molar-refractivity contribution in [2.45, 2.75) is 98.8 Å². The first-order valence-electron chi connectivity index (χ1n) is 16.7. The van der Waals surface area contributed by atoms with Gasteiger partial charge in [-0.1, -0.05) is 100 Å². The van der Waals surface area contributed by atoms with Crippen molar-refractivity contribution >= 4 is 17.2 Å². The van der Waals surface area contributed by atoms with Gasteiger partial charge < -0.3 is 0 Å². The smallest absolute Gasteiger partial charge is 0.183 e. The Hall–Kier alpha value is -3.33. The Morgan fingerprint density at radius 3 is 2.45 bits per heavy atom. The second kappa shape index (κ2) is 16.7. The van der Waals surface area contributed by atoms with Crippen LogP contribution in [0, 0.1) is 23.7 Å². The van der Waals surface area contributed by atoms with Crippen LogP contribution in [0.1, 0.15) is 98.8 Å². The van der Waals surface area contributed by atoms with E-state index < -0.39 is 0 Å². The summed E-state index contributed by atoms with van der Waals surface area (Å²) in [6, 6.07) is 0.